The van der Waals surface area contributed by atoms with Crippen LogP contribution in [0, 0.1) is 18.8 Å². The molecule has 0 bridgehead atoms. The van der Waals surface area contributed by atoms with Gasteiger partial charge < -0.3 is 5.32 Å². The van der Waals surface area contributed by atoms with Crippen LogP contribution in [-0.4, -0.2) is 21.5 Å². The number of fused-ring (bicyclic) bond motifs is 1. The lowest BCUT2D eigenvalue weighted by molar-refractivity contribution is 0.0891. The number of nitrogens with zero attached hydrogens (tertiary/aromatic N) is 2. The van der Waals surface area contributed by atoms with Crippen LogP contribution in [0.2, 0.25) is 0 Å². The van der Waals surface area contributed by atoms with Crippen molar-refractivity contribution >= 4 is 16.9 Å². The topological polar surface area (TPSA) is 46.9 Å². The second-order valence-corrected chi connectivity index (χ2v) is 8.57. The number of hydrogen-bond donors (Lipinski definition) is 1. The van der Waals surface area contributed by atoms with Crippen LogP contribution in [0.1, 0.15) is 61.8 Å². The molecule has 1 heterocycles. The summed E-state index contributed by atoms with van der Waals surface area (Å²) in [5, 5.41) is 3.27. The second kappa shape index (κ2) is 8.02. The number of benzene rings is 2. The first-order valence-corrected chi connectivity index (χ1v) is 10.9. The molecule has 4 nitrogen and oxygen atoms in total. The molecular formula is C25H31N3O. The fraction of sp³-hybridized carbons (Fsp3) is 0.440. The van der Waals surface area contributed by atoms with Crippen molar-refractivity contribution in [2.24, 2.45) is 11.8 Å². The van der Waals surface area contributed by atoms with Crippen LogP contribution >= 0.6 is 0 Å². The zero-order chi connectivity index (χ0) is 20.5. The minimum atomic E-state index is 0.0114. The van der Waals surface area contributed by atoms with E-state index in [0.717, 1.165) is 35.4 Å². The number of aromatic nitrogens is 2. The summed E-state index contributed by atoms with van der Waals surface area (Å²) in [5.74, 6) is 2.12. The number of amides is 1. The van der Waals surface area contributed by atoms with E-state index in [-0.39, 0.29) is 11.9 Å². The summed E-state index contributed by atoms with van der Waals surface area (Å²) in [4.78, 5) is 17.6. The lowest BCUT2D eigenvalue weighted by atomic mass is 9.78. The van der Waals surface area contributed by atoms with Gasteiger partial charge >= 0.3 is 0 Å². The number of aryl methyl sites for hydroxylation is 2. The first-order chi connectivity index (χ1) is 14.0. The summed E-state index contributed by atoms with van der Waals surface area (Å²) in [6.07, 6.45) is 4.55. The minimum absolute atomic E-state index is 0.0114. The fourth-order valence-corrected chi connectivity index (χ4v) is 4.59. The summed E-state index contributed by atoms with van der Waals surface area (Å²) in [6, 6.07) is 14.7. The van der Waals surface area contributed by atoms with Gasteiger partial charge in [-0.05, 0) is 67.5 Å². The maximum Gasteiger partial charge on any atom is 0.251 e. The van der Waals surface area contributed by atoms with E-state index >= 15 is 0 Å². The molecule has 0 spiro atoms. The van der Waals surface area contributed by atoms with Crippen molar-refractivity contribution in [3.05, 3.63) is 59.4 Å². The Hall–Kier alpha value is -2.62. The first-order valence-electron chi connectivity index (χ1n) is 10.9. The average Bonchev–Trinajstić information content (AvgIpc) is 3.06. The van der Waals surface area contributed by atoms with Crippen LogP contribution in [0.3, 0.4) is 0 Å². The monoisotopic (exact) mass is 389 g/mol. The molecule has 1 aromatic heterocycles. The van der Waals surface area contributed by atoms with Crippen molar-refractivity contribution in [2.45, 2.75) is 59.4 Å². The number of carbonyl (C=O) groups is 1. The van der Waals surface area contributed by atoms with Gasteiger partial charge in [0.1, 0.15) is 5.82 Å². The summed E-state index contributed by atoms with van der Waals surface area (Å²) < 4.78 is 2.15. The zero-order valence-corrected chi connectivity index (χ0v) is 17.9. The smallest absolute Gasteiger partial charge is 0.251 e. The molecule has 4 heteroatoms. The molecule has 3 aromatic rings. The average molecular weight is 390 g/mol. The molecule has 1 saturated carbocycles. The Morgan fingerprint density at radius 1 is 1.14 bits per heavy atom. The van der Waals surface area contributed by atoms with E-state index in [1.54, 1.807) is 0 Å². The van der Waals surface area contributed by atoms with Crippen molar-refractivity contribution in [1.82, 2.24) is 14.9 Å². The van der Waals surface area contributed by atoms with Gasteiger partial charge in [-0.3, -0.25) is 9.36 Å². The van der Waals surface area contributed by atoms with Gasteiger partial charge in [0, 0.05) is 17.3 Å². The third-order valence-corrected chi connectivity index (χ3v) is 6.71. The molecule has 1 aliphatic rings. The van der Waals surface area contributed by atoms with E-state index in [1.165, 1.54) is 18.4 Å². The van der Waals surface area contributed by atoms with Crippen molar-refractivity contribution in [2.75, 3.05) is 0 Å². The van der Waals surface area contributed by atoms with Crippen molar-refractivity contribution in [1.29, 1.82) is 0 Å². The molecule has 1 aliphatic carbocycles. The fourth-order valence-electron chi connectivity index (χ4n) is 4.59. The summed E-state index contributed by atoms with van der Waals surface area (Å²) in [5.41, 5.74) is 5.00. The Labute approximate surface area is 173 Å². The van der Waals surface area contributed by atoms with Gasteiger partial charge in [0.15, 0.2) is 0 Å². The third kappa shape index (κ3) is 3.81. The Kier molecular flexibility index (Phi) is 5.44. The SMILES string of the molecule is CCc1ccc(-n2c(C)nc3cc(C(=O)N[C@@H]4CCC[C@@H](C)[C@H]4C)ccc32)cc1. The molecule has 152 valence electrons. The molecule has 2 aromatic carbocycles. The summed E-state index contributed by atoms with van der Waals surface area (Å²) >= 11 is 0. The van der Waals surface area contributed by atoms with Crippen LogP contribution in [-0.2, 0) is 6.42 Å². The van der Waals surface area contributed by atoms with E-state index in [2.05, 4.69) is 54.9 Å². The molecule has 3 atom stereocenters. The predicted molar refractivity (Wildman–Crippen MR) is 119 cm³/mol. The Morgan fingerprint density at radius 3 is 2.62 bits per heavy atom. The highest BCUT2D eigenvalue weighted by atomic mass is 16.1. The van der Waals surface area contributed by atoms with Crippen LogP contribution in [0.25, 0.3) is 16.7 Å². The molecule has 1 N–H and O–H groups in total. The quantitative estimate of drug-likeness (QED) is 0.645. The van der Waals surface area contributed by atoms with Gasteiger partial charge in [0.2, 0.25) is 0 Å². The highest BCUT2D eigenvalue weighted by Gasteiger charge is 2.28. The largest absolute Gasteiger partial charge is 0.349 e. The van der Waals surface area contributed by atoms with E-state index in [0.29, 0.717) is 17.4 Å². The molecular weight excluding hydrogens is 358 g/mol. The molecule has 1 amide bonds. The Bertz CT molecular complexity index is 1020. The number of imidazole rings is 1. The molecule has 0 radical (unpaired) electrons. The van der Waals surface area contributed by atoms with Crippen LogP contribution < -0.4 is 5.32 Å². The highest BCUT2D eigenvalue weighted by molar-refractivity contribution is 5.97. The maximum absolute atomic E-state index is 12.9. The van der Waals surface area contributed by atoms with Gasteiger partial charge in [-0.2, -0.15) is 0 Å². The lowest BCUT2D eigenvalue weighted by Gasteiger charge is -2.34. The summed E-state index contributed by atoms with van der Waals surface area (Å²) in [7, 11) is 0. The van der Waals surface area contributed by atoms with Crippen LogP contribution in [0.5, 0.6) is 0 Å². The van der Waals surface area contributed by atoms with Gasteiger partial charge in [-0.1, -0.05) is 45.7 Å². The molecule has 1 fully saturated rings. The van der Waals surface area contributed by atoms with Gasteiger partial charge in [0.05, 0.1) is 11.0 Å². The second-order valence-electron chi connectivity index (χ2n) is 8.57. The highest BCUT2D eigenvalue weighted by Crippen LogP contribution is 2.30. The van der Waals surface area contributed by atoms with Crippen LogP contribution in [0.15, 0.2) is 42.5 Å². The van der Waals surface area contributed by atoms with E-state index in [9.17, 15) is 4.79 Å². The lowest BCUT2D eigenvalue weighted by Crippen LogP contribution is -2.43. The molecule has 0 aliphatic heterocycles. The van der Waals surface area contributed by atoms with Gasteiger partial charge in [-0.25, -0.2) is 4.98 Å². The molecule has 0 saturated heterocycles. The first kappa shape index (κ1) is 19.7. The molecule has 0 unspecified atom stereocenters. The molecule has 29 heavy (non-hydrogen) atoms. The van der Waals surface area contributed by atoms with Crippen molar-refractivity contribution < 1.29 is 4.79 Å². The minimum Gasteiger partial charge on any atom is -0.349 e. The van der Waals surface area contributed by atoms with Crippen LogP contribution in [0.4, 0.5) is 0 Å². The Morgan fingerprint density at radius 2 is 1.90 bits per heavy atom. The number of rotatable bonds is 4. The van der Waals surface area contributed by atoms with Gasteiger partial charge in [-0.15, -0.1) is 0 Å². The summed E-state index contributed by atoms with van der Waals surface area (Å²) in [6.45, 7) is 8.72. The van der Waals surface area contributed by atoms with Crippen molar-refractivity contribution in [3.8, 4) is 5.69 Å². The van der Waals surface area contributed by atoms with Crippen molar-refractivity contribution in [3.63, 3.8) is 0 Å². The normalized spacial score (nSPS) is 22.0. The predicted octanol–water partition coefficient (Wildman–Crippen LogP) is 5.45. The number of hydrogen-bond acceptors (Lipinski definition) is 2. The number of carbonyl (C=O) groups excluding carboxylic acids is 1. The van der Waals surface area contributed by atoms with E-state index in [4.69, 9.17) is 4.98 Å². The van der Waals surface area contributed by atoms with E-state index in [1.807, 2.05) is 25.1 Å². The number of nitrogens with one attached hydrogen (secondary N) is 1. The van der Waals surface area contributed by atoms with E-state index < -0.39 is 0 Å². The Balaban J connectivity index is 1.60. The maximum atomic E-state index is 12.9. The third-order valence-electron chi connectivity index (χ3n) is 6.71. The van der Waals surface area contributed by atoms with Gasteiger partial charge in [0.25, 0.3) is 5.91 Å². The molecule has 4 rings (SSSR count). The zero-order valence-electron chi connectivity index (χ0n) is 17.9. The standard InChI is InChI=1S/C25H31N3O/c1-5-19-9-12-21(13-10-19)28-18(4)26-23-15-20(11-14-24(23)28)25(29)27-22-8-6-7-16(2)17(22)3/h9-17,22H,5-8H2,1-4H3,(H,27,29)/t16-,17-,22-/m1/s1.